The summed E-state index contributed by atoms with van der Waals surface area (Å²) in [5.74, 6) is -0.452. The fourth-order valence-electron chi connectivity index (χ4n) is 3.53. The number of ether oxygens (including phenoxy) is 1. The Morgan fingerprint density at radius 2 is 2.16 bits per heavy atom. The minimum absolute atomic E-state index is 0.0185. The van der Waals surface area contributed by atoms with Crippen LogP contribution in [0.2, 0.25) is 0 Å². The van der Waals surface area contributed by atoms with Gasteiger partial charge in [0.2, 0.25) is 0 Å². The number of amides is 1. The first-order chi connectivity index (χ1) is 15.2. The van der Waals surface area contributed by atoms with Crippen LogP contribution in [0.1, 0.15) is 52.1 Å². The number of nitrogens with zero attached hydrogens (tertiary/aromatic N) is 3. The smallest absolute Gasteiger partial charge is 0.422 e. The lowest BCUT2D eigenvalue weighted by Crippen LogP contribution is -2.29. The third-order valence-electron chi connectivity index (χ3n) is 5.11. The Labute approximate surface area is 181 Å². The molecular formula is C20H23F3N4O5. The number of rotatable bonds is 8. The molecule has 32 heavy (non-hydrogen) atoms. The molecule has 0 saturated carbocycles. The Kier molecular flexibility index (Phi) is 7.29. The van der Waals surface area contributed by atoms with Gasteiger partial charge in [0.05, 0.1) is 24.5 Å². The van der Waals surface area contributed by atoms with Gasteiger partial charge in [-0.25, -0.2) is 10.1 Å². The van der Waals surface area contributed by atoms with E-state index in [1.54, 1.807) is 30.9 Å². The minimum Gasteiger partial charge on any atom is -0.482 e. The molecule has 174 valence electrons. The molecule has 2 aromatic rings. The molecular weight excluding hydrogens is 433 g/mol. The SMILES string of the molecule is Cc1cc(C(C)N2Cc3c(ccnc3C(=O)NCCO)C2OO)ncc1OCC(F)(F)F. The number of halogens is 3. The standard InChI is InChI=1S/C20H23F3N4O5/c1-11-7-15(26-8-16(11)31-10-20(21,22)23)12(2)27-9-14-13(19(27)32-30)3-4-24-17(14)18(29)25-5-6-28/h3-4,7-8,12,19,28,30H,5-6,9-10H2,1-2H3,(H,25,29). The lowest BCUT2D eigenvalue weighted by atomic mass is 10.1. The highest BCUT2D eigenvalue weighted by Gasteiger charge is 2.38. The first-order valence-electron chi connectivity index (χ1n) is 9.75. The Balaban J connectivity index is 1.83. The lowest BCUT2D eigenvalue weighted by molar-refractivity contribution is -0.319. The van der Waals surface area contributed by atoms with E-state index in [-0.39, 0.29) is 31.1 Å². The van der Waals surface area contributed by atoms with Crippen LogP contribution in [0.25, 0.3) is 0 Å². The van der Waals surface area contributed by atoms with E-state index in [0.29, 0.717) is 22.4 Å². The molecule has 2 aromatic heterocycles. The average molecular weight is 456 g/mol. The number of carbonyl (C=O) groups excluding carboxylic acids is 1. The molecule has 1 aliphatic heterocycles. The van der Waals surface area contributed by atoms with E-state index in [4.69, 9.17) is 9.84 Å². The van der Waals surface area contributed by atoms with Crippen molar-refractivity contribution in [1.29, 1.82) is 0 Å². The number of carbonyl (C=O) groups is 1. The summed E-state index contributed by atoms with van der Waals surface area (Å²) in [6.45, 7) is 2.02. The van der Waals surface area contributed by atoms with Crippen LogP contribution in [0, 0.1) is 6.92 Å². The van der Waals surface area contributed by atoms with E-state index in [1.807, 2.05) is 0 Å². The number of fused-ring (bicyclic) bond motifs is 1. The molecule has 1 amide bonds. The van der Waals surface area contributed by atoms with Gasteiger partial charge < -0.3 is 15.2 Å². The Hall–Kier alpha value is -2.80. The first kappa shape index (κ1) is 23.9. The van der Waals surface area contributed by atoms with Gasteiger partial charge in [0, 0.05) is 30.4 Å². The van der Waals surface area contributed by atoms with E-state index >= 15 is 0 Å². The van der Waals surface area contributed by atoms with Crippen LogP contribution >= 0.6 is 0 Å². The highest BCUT2D eigenvalue weighted by molar-refractivity contribution is 5.94. The predicted molar refractivity (Wildman–Crippen MR) is 105 cm³/mol. The number of aromatic nitrogens is 2. The fraction of sp³-hybridized carbons (Fsp3) is 0.450. The van der Waals surface area contributed by atoms with Gasteiger partial charge in [0.25, 0.3) is 5.91 Å². The highest BCUT2D eigenvalue weighted by Crippen LogP contribution is 2.41. The lowest BCUT2D eigenvalue weighted by Gasteiger charge is -2.28. The second-order valence-electron chi connectivity index (χ2n) is 7.29. The van der Waals surface area contributed by atoms with Gasteiger partial charge >= 0.3 is 6.18 Å². The van der Waals surface area contributed by atoms with Crippen molar-refractivity contribution in [1.82, 2.24) is 20.2 Å². The number of pyridine rings is 2. The van der Waals surface area contributed by atoms with E-state index in [2.05, 4.69) is 20.2 Å². The molecule has 0 bridgehead atoms. The summed E-state index contributed by atoms with van der Waals surface area (Å²) < 4.78 is 42.1. The van der Waals surface area contributed by atoms with Crippen molar-refractivity contribution >= 4 is 5.91 Å². The molecule has 0 aliphatic carbocycles. The molecule has 9 nitrogen and oxygen atoms in total. The van der Waals surface area contributed by atoms with E-state index in [9.17, 15) is 23.2 Å². The van der Waals surface area contributed by atoms with Gasteiger partial charge in [-0.05, 0) is 31.5 Å². The molecule has 0 radical (unpaired) electrons. The summed E-state index contributed by atoms with van der Waals surface area (Å²) in [6.07, 6.45) is -2.72. The quantitative estimate of drug-likeness (QED) is 0.410. The molecule has 12 heteroatoms. The van der Waals surface area contributed by atoms with Crippen LogP contribution in [-0.2, 0) is 11.4 Å². The van der Waals surface area contributed by atoms with E-state index in [0.717, 1.165) is 0 Å². The van der Waals surface area contributed by atoms with Gasteiger partial charge in [0.1, 0.15) is 11.4 Å². The van der Waals surface area contributed by atoms with Gasteiger partial charge in [-0.2, -0.15) is 13.2 Å². The number of aliphatic hydroxyl groups is 1. The predicted octanol–water partition coefficient (Wildman–Crippen LogP) is 2.51. The summed E-state index contributed by atoms with van der Waals surface area (Å²) in [5, 5.41) is 21.0. The number of hydrogen-bond donors (Lipinski definition) is 3. The summed E-state index contributed by atoms with van der Waals surface area (Å²) in [5.41, 5.74) is 2.22. The van der Waals surface area contributed by atoms with Crippen molar-refractivity contribution in [2.24, 2.45) is 0 Å². The van der Waals surface area contributed by atoms with E-state index < -0.39 is 31.0 Å². The molecule has 3 N–H and O–H groups in total. The van der Waals surface area contributed by atoms with Crippen molar-refractivity contribution in [2.75, 3.05) is 19.8 Å². The largest absolute Gasteiger partial charge is 0.482 e. The van der Waals surface area contributed by atoms with Gasteiger partial charge in [0.15, 0.2) is 12.8 Å². The third kappa shape index (κ3) is 5.15. The zero-order valence-corrected chi connectivity index (χ0v) is 17.4. The van der Waals surface area contributed by atoms with Crippen LogP contribution < -0.4 is 10.1 Å². The molecule has 0 saturated heterocycles. The molecule has 0 spiro atoms. The van der Waals surface area contributed by atoms with Crippen molar-refractivity contribution in [3.63, 3.8) is 0 Å². The number of aliphatic hydroxyl groups excluding tert-OH is 1. The number of alkyl halides is 3. The zero-order chi connectivity index (χ0) is 23.5. The monoisotopic (exact) mass is 456 g/mol. The Bertz CT molecular complexity index is 973. The summed E-state index contributed by atoms with van der Waals surface area (Å²) in [7, 11) is 0. The van der Waals surface area contributed by atoms with Crippen molar-refractivity contribution in [3.05, 3.63) is 52.6 Å². The topological polar surface area (TPSA) is 117 Å². The summed E-state index contributed by atoms with van der Waals surface area (Å²) in [4.78, 5) is 27.2. The molecule has 0 fully saturated rings. The number of hydrogen-bond acceptors (Lipinski definition) is 8. The van der Waals surface area contributed by atoms with Gasteiger partial charge in [-0.1, -0.05) is 0 Å². The highest BCUT2D eigenvalue weighted by atomic mass is 19.4. The first-order valence-corrected chi connectivity index (χ1v) is 9.75. The third-order valence-corrected chi connectivity index (χ3v) is 5.11. The van der Waals surface area contributed by atoms with Crippen molar-refractivity contribution < 1.29 is 38.0 Å². The fourth-order valence-corrected chi connectivity index (χ4v) is 3.53. The van der Waals surface area contributed by atoms with Crippen molar-refractivity contribution in [3.8, 4) is 5.75 Å². The zero-order valence-electron chi connectivity index (χ0n) is 17.4. The second-order valence-corrected chi connectivity index (χ2v) is 7.29. The maximum absolute atomic E-state index is 12.4. The van der Waals surface area contributed by atoms with Crippen LogP contribution in [0.15, 0.2) is 24.5 Å². The molecule has 3 rings (SSSR count). The van der Waals surface area contributed by atoms with Crippen molar-refractivity contribution in [2.45, 2.75) is 38.8 Å². The maximum Gasteiger partial charge on any atom is 0.422 e. The van der Waals surface area contributed by atoms with Crippen LogP contribution in [-0.4, -0.2) is 57.1 Å². The Morgan fingerprint density at radius 3 is 2.78 bits per heavy atom. The van der Waals surface area contributed by atoms with Gasteiger partial charge in [-0.3, -0.25) is 19.7 Å². The normalized spacial score (nSPS) is 17.2. The molecule has 3 heterocycles. The molecule has 2 unspecified atom stereocenters. The van der Waals surface area contributed by atoms with Crippen LogP contribution in [0.5, 0.6) is 5.75 Å². The Morgan fingerprint density at radius 1 is 1.41 bits per heavy atom. The second kappa shape index (κ2) is 9.77. The summed E-state index contributed by atoms with van der Waals surface area (Å²) >= 11 is 0. The molecule has 0 aromatic carbocycles. The number of aryl methyl sites for hydroxylation is 1. The average Bonchev–Trinajstić information content (AvgIpc) is 3.14. The van der Waals surface area contributed by atoms with Crippen LogP contribution in [0.4, 0.5) is 13.2 Å². The molecule has 1 aliphatic rings. The maximum atomic E-state index is 12.4. The number of nitrogens with one attached hydrogen (secondary N) is 1. The molecule has 2 atom stereocenters. The van der Waals surface area contributed by atoms with E-state index in [1.165, 1.54) is 12.4 Å². The van der Waals surface area contributed by atoms with Crippen LogP contribution in [0.3, 0.4) is 0 Å². The van der Waals surface area contributed by atoms with Gasteiger partial charge in [-0.15, -0.1) is 0 Å². The minimum atomic E-state index is -4.46. The summed E-state index contributed by atoms with van der Waals surface area (Å²) in [6, 6.07) is 2.78.